The van der Waals surface area contributed by atoms with Crippen LogP contribution < -0.4 is 10.6 Å². The molecule has 3 N–H and O–H groups in total. The molecule has 0 spiro atoms. The third-order valence-electron chi connectivity index (χ3n) is 8.14. The zero-order valence-electron chi connectivity index (χ0n) is 20.7. The first kappa shape index (κ1) is 24.8. The topological polar surface area (TPSA) is 105 Å². The lowest BCUT2D eigenvalue weighted by Crippen LogP contribution is -2.55. The summed E-state index contributed by atoms with van der Waals surface area (Å²) in [7, 11) is 0. The van der Waals surface area contributed by atoms with Gasteiger partial charge < -0.3 is 20.5 Å². The second-order valence-corrected chi connectivity index (χ2v) is 10.4. The van der Waals surface area contributed by atoms with Gasteiger partial charge in [-0.05, 0) is 53.4 Å². The predicted molar refractivity (Wildman–Crippen MR) is 133 cm³/mol. The Kier molecular flexibility index (Phi) is 6.88. The molecule has 1 saturated carbocycles. The van der Waals surface area contributed by atoms with Gasteiger partial charge in [-0.2, -0.15) is 0 Å². The number of nitrogens with one attached hydrogen (secondary N) is 2. The van der Waals surface area contributed by atoms with E-state index in [9.17, 15) is 19.5 Å². The van der Waals surface area contributed by atoms with Crippen LogP contribution in [0.5, 0.6) is 0 Å². The SMILES string of the molecule is CC1C(NC(=O)[C@H](C)NC(=O)OCC2c3ccccc3-c3ccccc32)CCC(C(=O)O)C1(C)C. The number of alkyl carbamates (subject to hydrolysis) is 1. The van der Waals surface area contributed by atoms with E-state index in [-0.39, 0.29) is 30.4 Å². The monoisotopic (exact) mass is 478 g/mol. The van der Waals surface area contributed by atoms with E-state index < -0.39 is 29.4 Å². The average Bonchev–Trinajstić information content (AvgIpc) is 3.14. The quantitative estimate of drug-likeness (QED) is 0.565. The highest BCUT2D eigenvalue weighted by molar-refractivity contribution is 5.85. The van der Waals surface area contributed by atoms with Crippen molar-refractivity contribution >= 4 is 18.0 Å². The number of carboxylic acids is 1. The third kappa shape index (κ3) is 4.77. The molecular formula is C28H34N2O5. The minimum Gasteiger partial charge on any atom is -0.481 e. The Morgan fingerprint density at radius 2 is 1.60 bits per heavy atom. The van der Waals surface area contributed by atoms with Crippen LogP contribution in [0.2, 0.25) is 0 Å². The summed E-state index contributed by atoms with van der Waals surface area (Å²) in [5.74, 6) is -1.62. The molecule has 0 bridgehead atoms. The highest BCUT2D eigenvalue weighted by atomic mass is 16.5. The molecule has 4 rings (SSSR count). The van der Waals surface area contributed by atoms with Crippen molar-refractivity contribution < 1.29 is 24.2 Å². The molecule has 1 fully saturated rings. The lowest BCUT2D eigenvalue weighted by Gasteiger charge is -2.46. The minimum atomic E-state index is -0.795. The van der Waals surface area contributed by atoms with Crippen molar-refractivity contribution in [2.45, 2.75) is 58.5 Å². The van der Waals surface area contributed by atoms with Gasteiger partial charge >= 0.3 is 12.1 Å². The second-order valence-electron chi connectivity index (χ2n) is 10.4. The zero-order valence-corrected chi connectivity index (χ0v) is 20.7. The maximum atomic E-state index is 12.8. The number of ether oxygens (including phenoxy) is 1. The first-order valence-electron chi connectivity index (χ1n) is 12.3. The van der Waals surface area contributed by atoms with E-state index in [1.54, 1.807) is 6.92 Å². The molecule has 2 aliphatic carbocycles. The molecule has 7 nitrogen and oxygen atoms in total. The fourth-order valence-corrected chi connectivity index (χ4v) is 5.63. The number of carbonyl (C=O) groups is 3. The Bertz CT molecular complexity index is 1080. The highest BCUT2D eigenvalue weighted by Gasteiger charge is 2.46. The molecule has 3 unspecified atom stereocenters. The maximum Gasteiger partial charge on any atom is 0.407 e. The first-order chi connectivity index (χ1) is 16.6. The summed E-state index contributed by atoms with van der Waals surface area (Å²) in [4.78, 5) is 37.0. The molecule has 0 radical (unpaired) electrons. The molecular weight excluding hydrogens is 444 g/mol. The summed E-state index contributed by atoms with van der Waals surface area (Å²) in [6.07, 6.45) is 0.453. The van der Waals surface area contributed by atoms with Crippen LogP contribution in [0.15, 0.2) is 48.5 Å². The van der Waals surface area contributed by atoms with Crippen molar-refractivity contribution in [3.8, 4) is 11.1 Å². The smallest absolute Gasteiger partial charge is 0.407 e. The van der Waals surface area contributed by atoms with Gasteiger partial charge in [0, 0.05) is 12.0 Å². The normalized spacial score (nSPS) is 23.5. The van der Waals surface area contributed by atoms with Gasteiger partial charge in [0.2, 0.25) is 5.91 Å². The average molecular weight is 479 g/mol. The predicted octanol–water partition coefficient (Wildman–Crippen LogP) is 4.56. The lowest BCUT2D eigenvalue weighted by molar-refractivity contribution is -0.150. The molecule has 186 valence electrons. The van der Waals surface area contributed by atoms with E-state index >= 15 is 0 Å². The number of carbonyl (C=O) groups excluding carboxylic acids is 2. The van der Waals surface area contributed by atoms with Crippen LogP contribution in [0.1, 0.15) is 57.6 Å². The van der Waals surface area contributed by atoms with Gasteiger partial charge in [0.25, 0.3) is 0 Å². The molecule has 35 heavy (non-hydrogen) atoms. The van der Waals surface area contributed by atoms with Crippen LogP contribution in [0, 0.1) is 17.3 Å². The minimum absolute atomic E-state index is 0.0250. The van der Waals surface area contributed by atoms with E-state index in [1.165, 1.54) is 0 Å². The molecule has 2 aliphatic rings. The van der Waals surface area contributed by atoms with Gasteiger partial charge in [-0.15, -0.1) is 0 Å². The molecule has 0 aliphatic heterocycles. The van der Waals surface area contributed by atoms with Gasteiger partial charge in [-0.25, -0.2) is 4.79 Å². The van der Waals surface area contributed by atoms with Gasteiger partial charge in [0.1, 0.15) is 12.6 Å². The molecule has 0 aromatic heterocycles. The molecule has 4 atom stereocenters. The zero-order chi connectivity index (χ0) is 25.3. The van der Waals surface area contributed by atoms with Crippen molar-refractivity contribution in [2.24, 2.45) is 17.3 Å². The van der Waals surface area contributed by atoms with Gasteiger partial charge in [-0.1, -0.05) is 69.3 Å². The molecule has 2 aromatic carbocycles. The number of hydrogen-bond donors (Lipinski definition) is 3. The standard InChI is InChI=1S/C28H34N2O5/c1-16-24(14-13-23(26(32)33)28(16,3)4)30-25(31)17(2)29-27(34)35-15-22-20-11-7-5-9-18(20)19-10-6-8-12-21(19)22/h5-12,16-17,22-24H,13-15H2,1-4H3,(H,29,34)(H,30,31)(H,32,33)/t16?,17-,23?,24?/m0/s1. The summed E-state index contributed by atoms with van der Waals surface area (Å²) < 4.78 is 5.55. The van der Waals surface area contributed by atoms with Crippen LogP contribution >= 0.6 is 0 Å². The van der Waals surface area contributed by atoms with Crippen molar-refractivity contribution in [1.82, 2.24) is 10.6 Å². The Hall–Kier alpha value is -3.35. The van der Waals surface area contributed by atoms with Crippen LogP contribution in [0.4, 0.5) is 4.79 Å². The van der Waals surface area contributed by atoms with Crippen molar-refractivity contribution in [3.63, 3.8) is 0 Å². The van der Waals surface area contributed by atoms with Crippen molar-refractivity contribution in [3.05, 3.63) is 59.7 Å². The van der Waals surface area contributed by atoms with Crippen LogP contribution in [-0.2, 0) is 14.3 Å². The first-order valence-corrected chi connectivity index (χ1v) is 12.3. The van der Waals surface area contributed by atoms with Crippen LogP contribution in [0.25, 0.3) is 11.1 Å². The Balaban J connectivity index is 1.32. The van der Waals surface area contributed by atoms with E-state index in [0.717, 1.165) is 22.3 Å². The van der Waals surface area contributed by atoms with Gasteiger partial charge in [-0.3, -0.25) is 9.59 Å². The van der Waals surface area contributed by atoms with Crippen LogP contribution in [0.3, 0.4) is 0 Å². The van der Waals surface area contributed by atoms with Crippen molar-refractivity contribution in [1.29, 1.82) is 0 Å². The van der Waals surface area contributed by atoms with E-state index in [4.69, 9.17) is 4.74 Å². The number of rotatable bonds is 6. The van der Waals surface area contributed by atoms with Gasteiger partial charge in [0.05, 0.1) is 5.92 Å². The lowest BCUT2D eigenvalue weighted by atomic mass is 9.61. The summed E-state index contributed by atoms with van der Waals surface area (Å²) >= 11 is 0. The molecule has 0 saturated heterocycles. The maximum absolute atomic E-state index is 12.8. The van der Waals surface area contributed by atoms with Crippen LogP contribution in [-0.4, -0.2) is 41.8 Å². The summed E-state index contributed by atoms with van der Waals surface area (Å²) in [6, 6.07) is 15.3. The number of hydrogen-bond acceptors (Lipinski definition) is 4. The van der Waals surface area contributed by atoms with E-state index in [0.29, 0.717) is 12.8 Å². The molecule has 7 heteroatoms. The fourth-order valence-electron chi connectivity index (χ4n) is 5.63. The number of aliphatic carboxylic acids is 1. The van der Waals surface area contributed by atoms with Gasteiger partial charge in [0.15, 0.2) is 0 Å². The molecule has 0 heterocycles. The fraction of sp³-hybridized carbons (Fsp3) is 0.464. The second kappa shape index (κ2) is 9.72. The number of benzene rings is 2. The summed E-state index contributed by atoms with van der Waals surface area (Å²) in [5, 5.41) is 15.2. The largest absolute Gasteiger partial charge is 0.481 e. The Morgan fingerprint density at radius 1 is 1.03 bits per heavy atom. The third-order valence-corrected chi connectivity index (χ3v) is 8.14. The Labute approximate surface area is 206 Å². The summed E-state index contributed by atoms with van der Waals surface area (Å²) in [5.41, 5.74) is 4.10. The summed E-state index contributed by atoms with van der Waals surface area (Å²) in [6.45, 7) is 7.65. The number of carboxylic acid groups (broad SMARTS) is 1. The Morgan fingerprint density at radius 3 is 2.17 bits per heavy atom. The molecule has 2 amide bonds. The number of amides is 2. The molecule has 2 aromatic rings. The highest BCUT2D eigenvalue weighted by Crippen LogP contribution is 2.45. The van der Waals surface area contributed by atoms with E-state index in [1.807, 2.05) is 45.0 Å². The van der Waals surface area contributed by atoms with Crippen molar-refractivity contribution in [2.75, 3.05) is 6.61 Å². The van der Waals surface area contributed by atoms with E-state index in [2.05, 4.69) is 34.9 Å². The number of fused-ring (bicyclic) bond motifs is 3.